The number of rotatable bonds is 6. The molecular formula is C11H12ClNO4. The second-order valence-corrected chi connectivity index (χ2v) is 4.35. The molecule has 1 aliphatic rings. The van der Waals surface area contributed by atoms with Crippen molar-refractivity contribution in [1.82, 2.24) is 0 Å². The van der Waals surface area contributed by atoms with Crippen LogP contribution in [0.15, 0.2) is 18.2 Å². The summed E-state index contributed by atoms with van der Waals surface area (Å²) in [5.74, 6) is 1.15. The van der Waals surface area contributed by atoms with E-state index in [9.17, 15) is 10.1 Å². The minimum Gasteiger partial charge on any atom is -0.467 e. The first-order chi connectivity index (χ1) is 8.16. The first-order valence-corrected chi connectivity index (χ1v) is 5.69. The van der Waals surface area contributed by atoms with Gasteiger partial charge in [-0.05, 0) is 24.8 Å². The second-order valence-electron chi connectivity index (χ2n) is 3.95. The Labute approximate surface area is 103 Å². The van der Waals surface area contributed by atoms with Crippen molar-refractivity contribution in [3.05, 3.63) is 33.3 Å². The maximum absolute atomic E-state index is 10.5. The molecule has 0 unspecified atom stereocenters. The molecule has 0 spiro atoms. The first-order valence-electron chi connectivity index (χ1n) is 5.31. The largest absolute Gasteiger partial charge is 0.467 e. The zero-order valence-electron chi connectivity index (χ0n) is 9.10. The smallest absolute Gasteiger partial charge is 0.288 e. The number of nitro groups is 1. The van der Waals surface area contributed by atoms with Crippen molar-refractivity contribution in [2.45, 2.75) is 12.8 Å². The van der Waals surface area contributed by atoms with Crippen LogP contribution in [0.25, 0.3) is 0 Å². The third-order valence-electron chi connectivity index (χ3n) is 2.48. The van der Waals surface area contributed by atoms with Crippen LogP contribution in [0.5, 0.6) is 5.75 Å². The standard InChI is InChI=1S/C11H12ClNO4/c12-10-5-9(3-4-11(10)13(14)15)17-7-16-6-8-1-2-8/h3-5,8H,1-2,6-7H2. The van der Waals surface area contributed by atoms with Gasteiger partial charge < -0.3 is 9.47 Å². The molecule has 2 rings (SSSR count). The highest BCUT2D eigenvalue weighted by Gasteiger charge is 2.21. The van der Waals surface area contributed by atoms with Crippen LogP contribution >= 0.6 is 11.6 Å². The van der Waals surface area contributed by atoms with Crippen molar-refractivity contribution in [3.8, 4) is 5.75 Å². The van der Waals surface area contributed by atoms with E-state index in [2.05, 4.69) is 0 Å². The van der Waals surface area contributed by atoms with Crippen molar-refractivity contribution in [1.29, 1.82) is 0 Å². The van der Waals surface area contributed by atoms with Gasteiger partial charge >= 0.3 is 0 Å². The molecule has 0 aromatic heterocycles. The predicted molar refractivity (Wildman–Crippen MR) is 62.3 cm³/mol. The summed E-state index contributed by atoms with van der Waals surface area (Å²) < 4.78 is 10.6. The lowest BCUT2D eigenvalue weighted by Crippen LogP contribution is -2.05. The fraction of sp³-hybridized carbons (Fsp3) is 0.455. The molecule has 0 N–H and O–H groups in total. The second kappa shape index (κ2) is 5.33. The fourth-order valence-electron chi connectivity index (χ4n) is 1.33. The molecule has 0 amide bonds. The molecule has 1 fully saturated rings. The Balaban J connectivity index is 1.83. The highest BCUT2D eigenvalue weighted by Crippen LogP contribution is 2.30. The van der Waals surface area contributed by atoms with Crippen LogP contribution in [-0.2, 0) is 4.74 Å². The van der Waals surface area contributed by atoms with Crippen molar-refractivity contribution in [2.24, 2.45) is 5.92 Å². The summed E-state index contributed by atoms with van der Waals surface area (Å²) in [6, 6.07) is 4.24. The van der Waals surface area contributed by atoms with Crippen LogP contribution in [0.3, 0.4) is 0 Å². The quantitative estimate of drug-likeness (QED) is 0.340. The van der Waals surface area contributed by atoms with Gasteiger partial charge in [-0.3, -0.25) is 10.1 Å². The molecular weight excluding hydrogens is 246 g/mol. The number of halogens is 1. The molecule has 0 atom stereocenters. The van der Waals surface area contributed by atoms with E-state index in [-0.39, 0.29) is 17.5 Å². The average Bonchev–Trinajstić information content (AvgIpc) is 3.08. The molecule has 0 radical (unpaired) electrons. The van der Waals surface area contributed by atoms with E-state index < -0.39 is 4.92 Å². The van der Waals surface area contributed by atoms with Gasteiger partial charge in [0.1, 0.15) is 10.8 Å². The fourth-order valence-corrected chi connectivity index (χ4v) is 1.57. The monoisotopic (exact) mass is 257 g/mol. The van der Waals surface area contributed by atoms with Gasteiger partial charge in [-0.2, -0.15) is 0 Å². The summed E-state index contributed by atoms with van der Waals surface area (Å²) in [6.45, 7) is 0.853. The van der Waals surface area contributed by atoms with E-state index in [4.69, 9.17) is 21.1 Å². The minimum absolute atomic E-state index is 0.0645. The zero-order valence-corrected chi connectivity index (χ0v) is 9.85. The van der Waals surface area contributed by atoms with E-state index in [1.165, 1.54) is 31.0 Å². The van der Waals surface area contributed by atoms with Gasteiger partial charge in [0.25, 0.3) is 5.69 Å². The van der Waals surface area contributed by atoms with E-state index in [0.717, 1.165) is 0 Å². The maximum Gasteiger partial charge on any atom is 0.288 e. The number of nitrogens with zero attached hydrogens (tertiary/aromatic N) is 1. The van der Waals surface area contributed by atoms with E-state index >= 15 is 0 Å². The summed E-state index contributed by atoms with van der Waals surface area (Å²) in [5.41, 5.74) is -0.127. The van der Waals surface area contributed by atoms with Crippen molar-refractivity contribution < 1.29 is 14.4 Å². The number of hydrogen-bond acceptors (Lipinski definition) is 4. The third kappa shape index (κ3) is 3.57. The van der Waals surface area contributed by atoms with Crippen LogP contribution in [0.1, 0.15) is 12.8 Å². The average molecular weight is 258 g/mol. The minimum atomic E-state index is -0.532. The van der Waals surface area contributed by atoms with E-state index in [0.29, 0.717) is 18.3 Å². The molecule has 1 saturated carbocycles. The highest BCUT2D eigenvalue weighted by atomic mass is 35.5. The Hall–Kier alpha value is -1.33. The van der Waals surface area contributed by atoms with Crippen LogP contribution in [-0.4, -0.2) is 18.3 Å². The Morgan fingerprint density at radius 3 is 2.82 bits per heavy atom. The third-order valence-corrected chi connectivity index (χ3v) is 2.78. The lowest BCUT2D eigenvalue weighted by Gasteiger charge is -2.06. The van der Waals surface area contributed by atoms with E-state index in [1.807, 2.05) is 0 Å². The molecule has 1 aromatic rings. The molecule has 17 heavy (non-hydrogen) atoms. The van der Waals surface area contributed by atoms with Crippen molar-refractivity contribution in [2.75, 3.05) is 13.4 Å². The summed E-state index contributed by atoms with van der Waals surface area (Å²) in [4.78, 5) is 10.00. The van der Waals surface area contributed by atoms with Gasteiger partial charge in [0, 0.05) is 12.1 Å². The summed E-state index contributed by atoms with van der Waals surface area (Å²) >= 11 is 5.74. The lowest BCUT2D eigenvalue weighted by atomic mass is 10.3. The Morgan fingerprint density at radius 1 is 1.47 bits per heavy atom. The van der Waals surface area contributed by atoms with Crippen LogP contribution in [0, 0.1) is 16.0 Å². The van der Waals surface area contributed by atoms with Gasteiger partial charge in [-0.1, -0.05) is 11.6 Å². The summed E-state index contributed by atoms with van der Waals surface area (Å²) in [5, 5.41) is 10.6. The van der Waals surface area contributed by atoms with Gasteiger partial charge in [0.2, 0.25) is 0 Å². The van der Waals surface area contributed by atoms with Crippen LogP contribution in [0.2, 0.25) is 5.02 Å². The topological polar surface area (TPSA) is 61.6 Å². The number of nitro benzene ring substituents is 1. The molecule has 0 bridgehead atoms. The van der Waals surface area contributed by atoms with Crippen LogP contribution in [0.4, 0.5) is 5.69 Å². The number of benzene rings is 1. The van der Waals surface area contributed by atoms with Crippen molar-refractivity contribution in [3.63, 3.8) is 0 Å². The Bertz CT molecular complexity index is 420. The Morgan fingerprint density at radius 2 is 2.24 bits per heavy atom. The summed E-state index contributed by atoms with van der Waals surface area (Å²) in [6.07, 6.45) is 2.45. The van der Waals surface area contributed by atoms with Gasteiger partial charge in [0.15, 0.2) is 6.79 Å². The molecule has 0 aliphatic heterocycles. The van der Waals surface area contributed by atoms with Crippen LogP contribution < -0.4 is 4.74 Å². The number of ether oxygens (including phenoxy) is 2. The van der Waals surface area contributed by atoms with Gasteiger partial charge in [-0.25, -0.2) is 0 Å². The van der Waals surface area contributed by atoms with Gasteiger partial charge in [-0.15, -0.1) is 0 Å². The molecule has 5 nitrogen and oxygen atoms in total. The molecule has 1 aromatic carbocycles. The SMILES string of the molecule is O=[N+]([O-])c1ccc(OCOCC2CC2)cc1Cl. The summed E-state index contributed by atoms with van der Waals surface area (Å²) in [7, 11) is 0. The molecule has 0 heterocycles. The molecule has 0 saturated heterocycles. The predicted octanol–water partition coefficient (Wildman–Crippen LogP) is 3.01. The lowest BCUT2D eigenvalue weighted by molar-refractivity contribution is -0.384. The highest BCUT2D eigenvalue weighted by molar-refractivity contribution is 6.32. The van der Waals surface area contributed by atoms with Gasteiger partial charge in [0.05, 0.1) is 11.5 Å². The van der Waals surface area contributed by atoms with Crippen molar-refractivity contribution >= 4 is 17.3 Å². The molecule has 6 heteroatoms. The zero-order chi connectivity index (χ0) is 12.3. The Kier molecular flexibility index (Phi) is 3.81. The molecule has 92 valence electrons. The first kappa shape index (κ1) is 12.1. The van der Waals surface area contributed by atoms with E-state index in [1.54, 1.807) is 0 Å². The normalized spacial score (nSPS) is 14.6. The molecule has 1 aliphatic carbocycles. The maximum atomic E-state index is 10.5. The number of hydrogen-bond donors (Lipinski definition) is 0.